The van der Waals surface area contributed by atoms with E-state index in [1.807, 2.05) is 30.3 Å². The van der Waals surface area contributed by atoms with Crippen molar-refractivity contribution >= 4 is 28.8 Å². The van der Waals surface area contributed by atoms with Crippen molar-refractivity contribution in [3.63, 3.8) is 0 Å². The number of carbonyl (C=O) groups excluding carboxylic acids is 2. The molecule has 2 N–H and O–H groups in total. The topological polar surface area (TPSA) is 131 Å². The molecule has 1 aromatic carbocycles. The molecule has 10 nitrogen and oxygen atoms in total. The molecule has 156 valence electrons. The number of benzene rings is 1. The first-order chi connectivity index (χ1) is 14.4. The zero-order chi connectivity index (χ0) is 21.4. The number of esters is 2. The Bertz CT molecular complexity index is 1100. The highest BCUT2D eigenvalue weighted by atomic mass is 16.6. The fraction of sp³-hybridized carbons (Fsp3) is 0.350. The lowest BCUT2D eigenvalue weighted by Crippen LogP contribution is -2.38. The third-order valence-corrected chi connectivity index (χ3v) is 4.83. The Hall–Kier alpha value is -3.53. The first-order valence-corrected chi connectivity index (χ1v) is 9.41. The monoisotopic (exact) mass is 411 g/mol. The Morgan fingerprint density at radius 2 is 1.73 bits per heavy atom. The molecule has 1 saturated heterocycles. The van der Waals surface area contributed by atoms with Gasteiger partial charge in [-0.1, -0.05) is 30.3 Å². The second kappa shape index (κ2) is 7.71. The molecule has 10 heteroatoms. The molecule has 30 heavy (non-hydrogen) atoms. The Balaban J connectivity index is 1.87. The normalized spacial score (nSPS) is 23.4. The van der Waals surface area contributed by atoms with Crippen LogP contribution in [0.3, 0.4) is 0 Å². The number of nitrogens with two attached hydrogens (primary N) is 1. The Labute approximate surface area is 171 Å². The minimum atomic E-state index is -0.913. The van der Waals surface area contributed by atoms with Gasteiger partial charge in [-0.05, 0) is 6.92 Å². The van der Waals surface area contributed by atoms with Gasteiger partial charge in [0.25, 0.3) is 0 Å². The summed E-state index contributed by atoms with van der Waals surface area (Å²) in [6.07, 6.45) is -1.79. The van der Waals surface area contributed by atoms with Gasteiger partial charge in [0.1, 0.15) is 17.8 Å². The lowest BCUT2D eigenvalue weighted by molar-refractivity contribution is -0.165. The zero-order valence-corrected chi connectivity index (χ0v) is 16.7. The summed E-state index contributed by atoms with van der Waals surface area (Å²) in [5, 5.41) is 5.24. The summed E-state index contributed by atoms with van der Waals surface area (Å²) in [5.74, 6) is -0.777. The minimum absolute atomic E-state index is 0.261. The third-order valence-electron chi connectivity index (χ3n) is 4.83. The number of fused-ring (bicyclic) bond motifs is 1. The lowest BCUT2D eigenvalue weighted by atomic mass is 10.1. The molecule has 0 amide bonds. The van der Waals surface area contributed by atoms with Gasteiger partial charge < -0.3 is 19.9 Å². The maximum absolute atomic E-state index is 11.8. The van der Waals surface area contributed by atoms with E-state index in [1.54, 1.807) is 6.92 Å². The summed E-state index contributed by atoms with van der Waals surface area (Å²) in [4.78, 5) is 31.8. The molecule has 3 heterocycles. The first kappa shape index (κ1) is 19.8. The van der Waals surface area contributed by atoms with Gasteiger partial charge in [0.15, 0.2) is 24.1 Å². The Kier molecular flexibility index (Phi) is 5.08. The highest BCUT2D eigenvalue weighted by molar-refractivity contribution is 5.98. The highest BCUT2D eigenvalue weighted by Crippen LogP contribution is 2.38. The SMILES string of the molecule is CC(=O)O[C@@H]1[C@H](OC(C)=O)[C@@H](C)O[C@H]1n1nc(-c2ccccc2)c2c(N)ncnc21. The van der Waals surface area contributed by atoms with Crippen LogP contribution in [-0.4, -0.2) is 50.0 Å². The van der Waals surface area contributed by atoms with Crippen LogP contribution in [-0.2, 0) is 23.8 Å². The number of nitrogen functional groups attached to an aromatic ring is 1. The zero-order valence-electron chi connectivity index (χ0n) is 16.7. The molecule has 0 bridgehead atoms. The lowest BCUT2D eigenvalue weighted by Gasteiger charge is -2.23. The summed E-state index contributed by atoms with van der Waals surface area (Å²) in [6, 6.07) is 9.44. The van der Waals surface area contributed by atoms with E-state index >= 15 is 0 Å². The second-order valence-electron chi connectivity index (χ2n) is 7.00. The smallest absolute Gasteiger partial charge is 0.303 e. The van der Waals surface area contributed by atoms with Crippen LogP contribution < -0.4 is 5.73 Å². The van der Waals surface area contributed by atoms with Gasteiger partial charge in [-0.3, -0.25) is 9.59 Å². The number of rotatable bonds is 4. The van der Waals surface area contributed by atoms with Crippen LogP contribution in [0, 0.1) is 0 Å². The van der Waals surface area contributed by atoms with Gasteiger partial charge in [-0.15, -0.1) is 0 Å². The molecule has 4 rings (SSSR count). The summed E-state index contributed by atoms with van der Waals surface area (Å²) in [5.41, 5.74) is 7.94. The summed E-state index contributed by atoms with van der Waals surface area (Å²) < 4.78 is 18.4. The fourth-order valence-electron chi connectivity index (χ4n) is 3.64. The maximum atomic E-state index is 11.8. The predicted molar refractivity (Wildman–Crippen MR) is 106 cm³/mol. The first-order valence-electron chi connectivity index (χ1n) is 9.41. The molecule has 0 saturated carbocycles. The molecule has 0 unspecified atom stereocenters. The standard InChI is InChI=1S/C20H21N5O5/c1-10-16(29-11(2)26)17(30-12(3)27)20(28-10)25-19-14(18(21)22-9-23-19)15(24-25)13-7-5-4-6-8-13/h4-10,16-17,20H,1-3H3,(H2,21,22,23)/t10-,16-,17-,20-/m1/s1. The molecule has 4 atom stereocenters. The van der Waals surface area contributed by atoms with Crippen molar-refractivity contribution in [2.75, 3.05) is 5.73 Å². The average molecular weight is 411 g/mol. The second-order valence-corrected chi connectivity index (χ2v) is 7.00. The predicted octanol–water partition coefficient (Wildman–Crippen LogP) is 1.86. The quantitative estimate of drug-likeness (QED) is 0.639. The Morgan fingerprint density at radius 1 is 1.07 bits per heavy atom. The van der Waals surface area contributed by atoms with Crippen molar-refractivity contribution in [1.29, 1.82) is 0 Å². The number of nitrogens with zero attached hydrogens (tertiary/aromatic N) is 4. The summed E-state index contributed by atoms with van der Waals surface area (Å²) in [6.45, 7) is 4.30. The molecule has 0 spiro atoms. The van der Waals surface area contributed by atoms with Crippen molar-refractivity contribution in [3.05, 3.63) is 36.7 Å². The van der Waals surface area contributed by atoms with Gasteiger partial charge >= 0.3 is 11.9 Å². The Morgan fingerprint density at radius 3 is 2.40 bits per heavy atom. The van der Waals surface area contributed by atoms with E-state index in [2.05, 4.69) is 15.1 Å². The molecular weight excluding hydrogens is 390 g/mol. The number of hydrogen-bond donors (Lipinski definition) is 1. The number of aromatic nitrogens is 4. The van der Waals surface area contributed by atoms with Crippen LogP contribution in [0.5, 0.6) is 0 Å². The van der Waals surface area contributed by atoms with Crippen LogP contribution >= 0.6 is 0 Å². The molecule has 0 aliphatic carbocycles. The number of ether oxygens (including phenoxy) is 3. The van der Waals surface area contributed by atoms with Crippen molar-refractivity contribution in [2.24, 2.45) is 0 Å². The molecule has 1 fully saturated rings. The van der Waals surface area contributed by atoms with Crippen molar-refractivity contribution in [1.82, 2.24) is 19.7 Å². The van der Waals surface area contributed by atoms with Crippen molar-refractivity contribution in [2.45, 2.75) is 45.3 Å². The average Bonchev–Trinajstić information content (AvgIpc) is 3.22. The van der Waals surface area contributed by atoms with E-state index < -0.39 is 36.5 Å². The van der Waals surface area contributed by atoms with E-state index in [9.17, 15) is 9.59 Å². The largest absolute Gasteiger partial charge is 0.456 e. The number of hydrogen-bond acceptors (Lipinski definition) is 9. The number of anilines is 1. The van der Waals surface area contributed by atoms with E-state index in [4.69, 9.17) is 19.9 Å². The fourth-order valence-corrected chi connectivity index (χ4v) is 3.64. The highest BCUT2D eigenvalue weighted by Gasteiger charge is 2.49. The van der Waals surface area contributed by atoms with Crippen molar-refractivity contribution < 1.29 is 23.8 Å². The summed E-state index contributed by atoms with van der Waals surface area (Å²) >= 11 is 0. The van der Waals surface area contributed by atoms with E-state index in [-0.39, 0.29) is 5.82 Å². The summed E-state index contributed by atoms with van der Waals surface area (Å²) in [7, 11) is 0. The molecule has 0 radical (unpaired) electrons. The molecular formula is C20H21N5O5. The molecule has 1 aliphatic heterocycles. The van der Waals surface area contributed by atoms with E-state index in [0.717, 1.165) is 5.56 Å². The van der Waals surface area contributed by atoms with Gasteiger partial charge in [0.2, 0.25) is 0 Å². The van der Waals surface area contributed by atoms with E-state index in [1.165, 1.54) is 24.9 Å². The number of carbonyl (C=O) groups is 2. The molecule has 3 aromatic rings. The van der Waals surface area contributed by atoms with E-state index in [0.29, 0.717) is 16.7 Å². The van der Waals surface area contributed by atoms with Gasteiger partial charge in [0, 0.05) is 19.4 Å². The maximum Gasteiger partial charge on any atom is 0.303 e. The van der Waals surface area contributed by atoms with Gasteiger partial charge in [-0.2, -0.15) is 5.10 Å². The van der Waals surface area contributed by atoms with Crippen LogP contribution in [0.15, 0.2) is 36.7 Å². The van der Waals surface area contributed by atoms with Crippen LogP contribution in [0.25, 0.3) is 22.3 Å². The minimum Gasteiger partial charge on any atom is -0.456 e. The van der Waals surface area contributed by atoms with Crippen LogP contribution in [0.4, 0.5) is 5.82 Å². The van der Waals surface area contributed by atoms with Gasteiger partial charge in [-0.25, -0.2) is 14.6 Å². The van der Waals surface area contributed by atoms with Crippen LogP contribution in [0.1, 0.15) is 27.0 Å². The third kappa shape index (κ3) is 3.45. The molecule has 2 aromatic heterocycles. The van der Waals surface area contributed by atoms with Gasteiger partial charge in [0.05, 0.1) is 11.5 Å². The van der Waals surface area contributed by atoms with Crippen molar-refractivity contribution in [3.8, 4) is 11.3 Å². The van der Waals surface area contributed by atoms with Crippen LogP contribution in [0.2, 0.25) is 0 Å². The molecule has 1 aliphatic rings.